The van der Waals surface area contributed by atoms with Crippen molar-refractivity contribution in [2.45, 2.75) is 12.0 Å². The molecule has 1 unspecified atom stereocenters. The van der Waals surface area contributed by atoms with E-state index in [0.717, 1.165) is 16.9 Å². The molecular formula is C18H21NO4S2. The zero-order chi connectivity index (χ0) is 17.9. The normalized spacial score (nSPS) is 18.2. The molecule has 0 saturated carbocycles. The summed E-state index contributed by atoms with van der Waals surface area (Å²) in [4.78, 5) is 0. The predicted molar refractivity (Wildman–Crippen MR) is 101 cm³/mol. The fourth-order valence-electron chi connectivity index (χ4n) is 2.75. The van der Waals surface area contributed by atoms with Crippen molar-refractivity contribution in [2.24, 2.45) is 0 Å². The Morgan fingerprint density at radius 3 is 2.60 bits per heavy atom. The highest BCUT2D eigenvalue weighted by atomic mass is 32.2. The molecule has 2 aromatic carbocycles. The maximum absolute atomic E-state index is 12.0. The molecule has 0 amide bonds. The topological polar surface area (TPSA) is 55.8 Å². The maximum Gasteiger partial charge on any atom is 0.212 e. The Hall–Kier alpha value is -1.70. The summed E-state index contributed by atoms with van der Waals surface area (Å²) in [6.07, 6.45) is 1.25. The van der Waals surface area contributed by atoms with Gasteiger partial charge in [0.05, 0.1) is 18.7 Å². The standard InChI is InChI=1S/C18H21NO4S2/c1-22-16-9-8-15(18-19(10-11-24-18)25(2,20)21)12-17(16)23-13-14-6-4-3-5-7-14/h3-9,12,18H,10-11,13H2,1-2H3. The number of rotatable bonds is 6. The minimum Gasteiger partial charge on any atom is -0.493 e. The maximum atomic E-state index is 12.0. The number of thioether (sulfide) groups is 1. The van der Waals surface area contributed by atoms with E-state index in [1.807, 2.05) is 48.5 Å². The molecule has 1 heterocycles. The summed E-state index contributed by atoms with van der Waals surface area (Å²) in [5.74, 6) is 2.03. The second kappa shape index (κ2) is 7.68. The van der Waals surface area contributed by atoms with Crippen LogP contribution in [0.2, 0.25) is 0 Å². The van der Waals surface area contributed by atoms with Gasteiger partial charge in [-0.15, -0.1) is 11.8 Å². The number of hydrogen-bond acceptors (Lipinski definition) is 5. The minimum atomic E-state index is -3.24. The lowest BCUT2D eigenvalue weighted by Gasteiger charge is -2.22. The Bertz CT molecular complexity index is 824. The third-order valence-electron chi connectivity index (χ3n) is 3.98. The van der Waals surface area contributed by atoms with Gasteiger partial charge in [0.1, 0.15) is 6.61 Å². The van der Waals surface area contributed by atoms with Crippen molar-refractivity contribution in [3.63, 3.8) is 0 Å². The second-order valence-electron chi connectivity index (χ2n) is 5.78. The molecule has 1 atom stereocenters. The molecule has 25 heavy (non-hydrogen) atoms. The van der Waals surface area contributed by atoms with Crippen LogP contribution in [-0.2, 0) is 16.6 Å². The number of hydrogen-bond donors (Lipinski definition) is 0. The first-order chi connectivity index (χ1) is 12.0. The quantitative estimate of drug-likeness (QED) is 0.771. The van der Waals surface area contributed by atoms with E-state index in [4.69, 9.17) is 9.47 Å². The number of sulfonamides is 1. The van der Waals surface area contributed by atoms with Gasteiger partial charge in [-0.1, -0.05) is 36.4 Å². The van der Waals surface area contributed by atoms with E-state index < -0.39 is 10.0 Å². The average molecular weight is 380 g/mol. The highest BCUT2D eigenvalue weighted by molar-refractivity contribution is 8.00. The van der Waals surface area contributed by atoms with Crippen molar-refractivity contribution in [1.82, 2.24) is 4.31 Å². The van der Waals surface area contributed by atoms with Crippen molar-refractivity contribution >= 4 is 21.8 Å². The summed E-state index contributed by atoms with van der Waals surface area (Å²) in [6, 6.07) is 15.5. The Kier molecular flexibility index (Phi) is 5.56. The van der Waals surface area contributed by atoms with E-state index in [9.17, 15) is 8.42 Å². The van der Waals surface area contributed by atoms with Crippen LogP contribution in [0, 0.1) is 0 Å². The fourth-order valence-corrected chi connectivity index (χ4v) is 5.55. The summed E-state index contributed by atoms with van der Waals surface area (Å²) < 4.78 is 36.8. The number of methoxy groups -OCH3 is 1. The molecule has 0 bridgehead atoms. The molecule has 0 spiro atoms. The number of ether oxygens (including phenoxy) is 2. The molecule has 0 N–H and O–H groups in total. The molecule has 1 fully saturated rings. The van der Waals surface area contributed by atoms with Crippen LogP contribution in [0.25, 0.3) is 0 Å². The summed E-state index contributed by atoms with van der Waals surface area (Å²) in [5.41, 5.74) is 1.96. The smallest absolute Gasteiger partial charge is 0.212 e. The van der Waals surface area contributed by atoms with Crippen LogP contribution in [0.15, 0.2) is 48.5 Å². The van der Waals surface area contributed by atoms with Crippen LogP contribution in [0.4, 0.5) is 0 Å². The highest BCUT2D eigenvalue weighted by Crippen LogP contribution is 2.42. The summed E-state index contributed by atoms with van der Waals surface area (Å²) in [6.45, 7) is 0.953. The van der Waals surface area contributed by atoms with Crippen LogP contribution in [0.5, 0.6) is 11.5 Å². The van der Waals surface area contributed by atoms with Gasteiger partial charge in [0.15, 0.2) is 11.5 Å². The molecule has 1 saturated heterocycles. The van der Waals surface area contributed by atoms with Crippen LogP contribution in [0.1, 0.15) is 16.5 Å². The summed E-state index contributed by atoms with van der Waals surface area (Å²) in [5, 5.41) is -0.222. The van der Waals surface area contributed by atoms with Gasteiger partial charge in [0, 0.05) is 12.3 Å². The third kappa shape index (κ3) is 4.29. The van der Waals surface area contributed by atoms with Crippen molar-refractivity contribution in [3.8, 4) is 11.5 Å². The van der Waals surface area contributed by atoms with Gasteiger partial charge >= 0.3 is 0 Å². The zero-order valence-corrected chi connectivity index (χ0v) is 15.8. The molecular weight excluding hydrogens is 358 g/mol. The Morgan fingerprint density at radius 2 is 1.92 bits per heavy atom. The van der Waals surface area contributed by atoms with Crippen molar-refractivity contribution < 1.29 is 17.9 Å². The van der Waals surface area contributed by atoms with Crippen molar-refractivity contribution in [1.29, 1.82) is 0 Å². The molecule has 1 aliphatic heterocycles. The molecule has 0 radical (unpaired) electrons. The van der Waals surface area contributed by atoms with Gasteiger partial charge < -0.3 is 9.47 Å². The van der Waals surface area contributed by atoms with E-state index in [0.29, 0.717) is 24.7 Å². The Labute approximate surface area is 153 Å². The Morgan fingerprint density at radius 1 is 1.16 bits per heavy atom. The zero-order valence-electron chi connectivity index (χ0n) is 14.2. The fraction of sp³-hybridized carbons (Fsp3) is 0.333. The lowest BCUT2D eigenvalue weighted by Crippen LogP contribution is -2.29. The van der Waals surface area contributed by atoms with Crippen LogP contribution in [-0.4, -0.2) is 38.4 Å². The molecule has 2 aromatic rings. The highest BCUT2D eigenvalue weighted by Gasteiger charge is 2.33. The molecule has 134 valence electrons. The van der Waals surface area contributed by atoms with Gasteiger partial charge in [0.2, 0.25) is 10.0 Å². The van der Waals surface area contributed by atoms with E-state index in [-0.39, 0.29) is 5.37 Å². The van der Waals surface area contributed by atoms with E-state index >= 15 is 0 Å². The van der Waals surface area contributed by atoms with E-state index in [2.05, 4.69) is 0 Å². The predicted octanol–water partition coefficient (Wildman–Crippen LogP) is 3.28. The number of nitrogens with zero attached hydrogens (tertiary/aromatic N) is 1. The Balaban J connectivity index is 1.84. The van der Waals surface area contributed by atoms with E-state index in [1.165, 1.54) is 10.6 Å². The van der Waals surface area contributed by atoms with Gasteiger partial charge in [-0.3, -0.25) is 0 Å². The largest absolute Gasteiger partial charge is 0.493 e. The van der Waals surface area contributed by atoms with Gasteiger partial charge in [0.25, 0.3) is 0 Å². The first kappa shape index (κ1) is 18.1. The van der Waals surface area contributed by atoms with Gasteiger partial charge in [-0.2, -0.15) is 4.31 Å². The van der Waals surface area contributed by atoms with Gasteiger partial charge in [-0.25, -0.2) is 8.42 Å². The van der Waals surface area contributed by atoms with Crippen LogP contribution in [0.3, 0.4) is 0 Å². The molecule has 3 rings (SSSR count). The first-order valence-electron chi connectivity index (χ1n) is 7.92. The lowest BCUT2D eigenvalue weighted by molar-refractivity contribution is 0.284. The average Bonchev–Trinajstić information content (AvgIpc) is 3.11. The van der Waals surface area contributed by atoms with Crippen LogP contribution < -0.4 is 9.47 Å². The SMILES string of the molecule is COc1ccc(C2SCCN2S(C)(=O)=O)cc1OCc1ccccc1. The second-order valence-corrected chi connectivity index (χ2v) is 8.90. The van der Waals surface area contributed by atoms with Crippen molar-refractivity contribution in [2.75, 3.05) is 25.7 Å². The summed E-state index contributed by atoms with van der Waals surface area (Å²) >= 11 is 1.62. The van der Waals surface area contributed by atoms with Crippen LogP contribution >= 0.6 is 11.8 Å². The van der Waals surface area contributed by atoms with E-state index in [1.54, 1.807) is 18.9 Å². The first-order valence-corrected chi connectivity index (χ1v) is 10.8. The van der Waals surface area contributed by atoms with Crippen molar-refractivity contribution in [3.05, 3.63) is 59.7 Å². The molecule has 5 nitrogen and oxygen atoms in total. The molecule has 0 aromatic heterocycles. The monoisotopic (exact) mass is 379 g/mol. The molecule has 7 heteroatoms. The summed E-state index contributed by atoms with van der Waals surface area (Å²) in [7, 11) is -1.65. The minimum absolute atomic E-state index is 0.222. The third-order valence-corrected chi connectivity index (χ3v) is 6.62. The lowest BCUT2D eigenvalue weighted by atomic mass is 10.2. The van der Waals surface area contributed by atoms with Gasteiger partial charge in [-0.05, 0) is 23.3 Å². The molecule has 1 aliphatic rings. The number of benzene rings is 2. The molecule has 0 aliphatic carbocycles.